The van der Waals surface area contributed by atoms with Crippen molar-refractivity contribution in [2.75, 3.05) is 19.3 Å². The summed E-state index contributed by atoms with van der Waals surface area (Å²) in [6.07, 6.45) is 1.47. The fourth-order valence-electron chi connectivity index (χ4n) is 2.72. The van der Waals surface area contributed by atoms with E-state index in [4.69, 9.17) is 4.74 Å². The van der Waals surface area contributed by atoms with Gasteiger partial charge in [0.05, 0.1) is 10.1 Å². The molecule has 0 bridgehead atoms. The van der Waals surface area contributed by atoms with E-state index in [2.05, 4.69) is 0 Å². The lowest BCUT2D eigenvalue weighted by Crippen LogP contribution is -2.31. The molecule has 134 valence electrons. The van der Waals surface area contributed by atoms with E-state index < -0.39 is 25.1 Å². The molecule has 1 saturated heterocycles. The van der Waals surface area contributed by atoms with Gasteiger partial charge in [0.25, 0.3) is 0 Å². The standard InChI is InChI=1S/C17H19NO5S2/c1-24(19,20)17-11-12-18(13-17)25(21,22)16-9-7-15(8-10-16)23-14-5-3-2-4-6-14/h2-10,17H,11-13H2,1H3. The van der Waals surface area contributed by atoms with Gasteiger partial charge in [0.1, 0.15) is 11.5 Å². The third-order valence-corrected chi connectivity index (χ3v) is 7.63. The summed E-state index contributed by atoms with van der Waals surface area (Å²) in [7, 11) is -6.95. The van der Waals surface area contributed by atoms with Crippen molar-refractivity contribution in [2.24, 2.45) is 0 Å². The van der Waals surface area contributed by atoms with E-state index in [9.17, 15) is 16.8 Å². The first-order valence-corrected chi connectivity index (χ1v) is 11.2. The molecule has 6 nitrogen and oxygen atoms in total. The lowest BCUT2D eigenvalue weighted by atomic mass is 10.3. The molecular weight excluding hydrogens is 362 g/mol. The first kappa shape index (κ1) is 17.9. The van der Waals surface area contributed by atoms with E-state index in [0.29, 0.717) is 17.9 Å². The highest BCUT2D eigenvalue weighted by atomic mass is 32.2. The number of sulfone groups is 1. The largest absolute Gasteiger partial charge is 0.457 e. The van der Waals surface area contributed by atoms with Crippen molar-refractivity contribution < 1.29 is 21.6 Å². The molecule has 2 aromatic carbocycles. The van der Waals surface area contributed by atoms with E-state index in [-0.39, 0.29) is 18.0 Å². The van der Waals surface area contributed by atoms with Crippen LogP contribution in [0.1, 0.15) is 6.42 Å². The minimum Gasteiger partial charge on any atom is -0.457 e. The van der Waals surface area contributed by atoms with Crippen LogP contribution in [0, 0.1) is 0 Å². The summed E-state index contributed by atoms with van der Waals surface area (Å²) >= 11 is 0. The zero-order chi connectivity index (χ0) is 18.1. The quantitative estimate of drug-likeness (QED) is 0.794. The van der Waals surface area contributed by atoms with Crippen LogP contribution in [-0.2, 0) is 19.9 Å². The summed E-state index contributed by atoms with van der Waals surface area (Å²) in [5, 5.41) is -0.636. The predicted molar refractivity (Wildman–Crippen MR) is 95.0 cm³/mol. The summed E-state index contributed by atoms with van der Waals surface area (Å²) in [4.78, 5) is 0.127. The van der Waals surface area contributed by atoms with E-state index in [0.717, 1.165) is 6.26 Å². The SMILES string of the molecule is CS(=O)(=O)C1CCN(S(=O)(=O)c2ccc(Oc3ccccc3)cc2)C1. The van der Waals surface area contributed by atoms with Crippen LogP contribution in [0.2, 0.25) is 0 Å². The molecule has 3 rings (SSSR count). The Morgan fingerprint density at radius 1 is 0.920 bits per heavy atom. The van der Waals surface area contributed by atoms with Crippen LogP contribution in [0.5, 0.6) is 11.5 Å². The molecule has 1 atom stereocenters. The smallest absolute Gasteiger partial charge is 0.243 e. The summed E-state index contributed by atoms with van der Waals surface area (Å²) in [6, 6.07) is 15.3. The van der Waals surface area contributed by atoms with Gasteiger partial charge < -0.3 is 4.74 Å². The second kappa shape index (κ2) is 6.78. The molecule has 2 aromatic rings. The molecule has 0 spiro atoms. The van der Waals surface area contributed by atoms with Crippen LogP contribution < -0.4 is 4.74 Å². The van der Waals surface area contributed by atoms with Gasteiger partial charge in [0, 0.05) is 19.3 Å². The number of ether oxygens (including phenoxy) is 1. The van der Waals surface area contributed by atoms with Gasteiger partial charge in [0.2, 0.25) is 10.0 Å². The van der Waals surface area contributed by atoms with Gasteiger partial charge in [-0.25, -0.2) is 16.8 Å². The molecule has 1 heterocycles. The highest BCUT2D eigenvalue weighted by Gasteiger charge is 2.36. The maximum absolute atomic E-state index is 12.7. The summed E-state index contributed by atoms with van der Waals surface area (Å²) in [5.41, 5.74) is 0. The number of rotatable bonds is 5. The molecule has 1 fully saturated rings. The Morgan fingerprint density at radius 2 is 1.52 bits per heavy atom. The fraction of sp³-hybridized carbons (Fsp3) is 0.294. The van der Waals surface area contributed by atoms with Crippen molar-refractivity contribution in [1.29, 1.82) is 0 Å². The van der Waals surface area contributed by atoms with Crippen molar-refractivity contribution in [2.45, 2.75) is 16.6 Å². The Morgan fingerprint density at radius 3 is 2.08 bits per heavy atom. The van der Waals surface area contributed by atoms with Crippen LogP contribution in [0.15, 0.2) is 59.5 Å². The lowest BCUT2D eigenvalue weighted by molar-refractivity contribution is 0.474. The monoisotopic (exact) mass is 381 g/mol. The lowest BCUT2D eigenvalue weighted by Gasteiger charge is -2.16. The van der Waals surface area contributed by atoms with Crippen LogP contribution in [0.25, 0.3) is 0 Å². The molecule has 25 heavy (non-hydrogen) atoms. The topological polar surface area (TPSA) is 80.8 Å². The van der Waals surface area contributed by atoms with E-state index in [1.807, 2.05) is 18.2 Å². The average molecular weight is 381 g/mol. The van der Waals surface area contributed by atoms with Gasteiger partial charge in [-0.3, -0.25) is 0 Å². The molecule has 0 N–H and O–H groups in total. The molecule has 1 aliphatic heterocycles. The normalized spacial score (nSPS) is 19.0. The number of nitrogens with zero attached hydrogens (tertiary/aromatic N) is 1. The van der Waals surface area contributed by atoms with Gasteiger partial charge in [-0.05, 0) is 42.8 Å². The molecule has 0 radical (unpaired) electrons. The Bertz CT molecular complexity index is 938. The number of benzene rings is 2. The van der Waals surface area contributed by atoms with Crippen molar-refractivity contribution in [3.63, 3.8) is 0 Å². The molecule has 1 aliphatic rings. The van der Waals surface area contributed by atoms with Gasteiger partial charge in [-0.1, -0.05) is 18.2 Å². The Balaban J connectivity index is 1.75. The van der Waals surface area contributed by atoms with Crippen LogP contribution in [0.3, 0.4) is 0 Å². The minimum absolute atomic E-state index is 0.00341. The van der Waals surface area contributed by atoms with Gasteiger partial charge in [-0.2, -0.15) is 4.31 Å². The first-order chi connectivity index (χ1) is 11.8. The van der Waals surface area contributed by atoms with Crippen LogP contribution in [-0.4, -0.2) is 45.7 Å². The molecule has 0 aromatic heterocycles. The summed E-state index contributed by atoms with van der Waals surface area (Å²) in [5.74, 6) is 1.19. The fourth-order valence-corrected chi connectivity index (χ4v) is 5.30. The number of hydrogen-bond acceptors (Lipinski definition) is 5. The second-order valence-electron chi connectivity index (χ2n) is 5.99. The van der Waals surface area contributed by atoms with E-state index >= 15 is 0 Å². The van der Waals surface area contributed by atoms with E-state index in [1.54, 1.807) is 24.3 Å². The van der Waals surface area contributed by atoms with Crippen molar-refractivity contribution in [3.05, 3.63) is 54.6 Å². The highest BCUT2D eigenvalue weighted by Crippen LogP contribution is 2.27. The van der Waals surface area contributed by atoms with E-state index in [1.165, 1.54) is 16.4 Å². The Hall–Kier alpha value is -1.90. The molecule has 8 heteroatoms. The number of sulfonamides is 1. The first-order valence-electron chi connectivity index (χ1n) is 7.79. The maximum atomic E-state index is 12.7. The second-order valence-corrected chi connectivity index (χ2v) is 10.3. The molecule has 0 aliphatic carbocycles. The minimum atomic E-state index is -3.71. The maximum Gasteiger partial charge on any atom is 0.243 e. The Kier molecular flexibility index (Phi) is 4.86. The average Bonchev–Trinajstić information content (AvgIpc) is 3.07. The number of para-hydroxylation sites is 1. The van der Waals surface area contributed by atoms with Gasteiger partial charge in [0.15, 0.2) is 9.84 Å². The van der Waals surface area contributed by atoms with Gasteiger partial charge >= 0.3 is 0 Å². The Labute approximate surface area is 148 Å². The summed E-state index contributed by atoms with van der Waals surface area (Å²) < 4.78 is 55.5. The molecule has 0 saturated carbocycles. The number of hydrogen-bond donors (Lipinski definition) is 0. The third kappa shape index (κ3) is 4.02. The zero-order valence-electron chi connectivity index (χ0n) is 13.7. The zero-order valence-corrected chi connectivity index (χ0v) is 15.3. The van der Waals surface area contributed by atoms with Gasteiger partial charge in [-0.15, -0.1) is 0 Å². The van der Waals surface area contributed by atoms with Crippen molar-refractivity contribution in [1.82, 2.24) is 4.31 Å². The van der Waals surface area contributed by atoms with Crippen molar-refractivity contribution in [3.8, 4) is 11.5 Å². The van der Waals surface area contributed by atoms with Crippen LogP contribution >= 0.6 is 0 Å². The molecular formula is C17H19NO5S2. The highest BCUT2D eigenvalue weighted by molar-refractivity contribution is 7.91. The predicted octanol–water partition coefficient (Wildman–Crippen LogP) is 2.29. The van der Waals surface area contributed by atoms with Crippen LogP contribution in [0.4, 0.5) is 0 Å². The summed E-state index contributed by atoms with van der Waals surface area (Å²) in [6.45, 7) is 0.214. The molecule has 0 amide bonds. The third-order valence-electron chi connectivity index (χ3n) is 4.15. The molecule has 1 unspecified atom stereocenters. The van der Waals surface area contributed by atoms with Crippen molar-refractivity contribution >= 4 is 19.9 Å².